The van der Waals surface area contributed by atoms with Crippen molar-refractivity contribution in [2.45, 2.75) is 4.90 Å². The van der Waals surface area contributed by atoms with Gasteiger partial charge in [0.25, 0.3) is 0 Å². The van der Waals surface area contributed by atoms with Crippen LogP contribution in [0.25, 0.3) is 33.4 Å². The molecule has 0 aliphatic rings. The van der Waals surface area contributed by atoms with Crippen LogP contribution in [0.1, 0.15) is 0 Å². The molecular weight excluding hydrogens is 440 g/mol. The molecule has 6 heteroatoms. The maximum Gasteiger partial charge on any atom is 0.201 e. The van der Waals surface area contributed by atoms with E-state index >= 15 is 0 Å². The van der Waals surface area contributed by atoms with Crippen molar-refractivity contribution < 1.29 is 12.8 Å². The van der Waals surface area contributed by atoms with Crippen molar-refractivity contribution >= 4 is 36.7 Å². The Balaban J connectivity index is 2.03. The normalized spacial score (nSPS) is 11.6. The van der Waals surface area contributed by atoms with Crippen molar-refractivity contribution in [1.82, 2.24) is 0 Å². The molecule has 0 spiro atoms. The van der Waals surface area contributed by atoms with Crippen LogP contribution in [-0.4, -0.2) is 14.7 Å². The Morgan fingerprint density at radius 3 is 2.07 bits per heavy atom. The third-order valence-corrected chi connectivity index (χ3v) is 6.13. The van der Waals surface area contributed by atoms with Gasteiger partial charge in [-0.15, -0.1) is 0 Å². The zero-order chi connectivity index (χ0) is 19.9. The quantitative estimate of drug-likeness (QED) is 0.421. The summed E-state index contributed by atoms with van der Waals surface area (Å²) in [6.45, 7) is 0. The van der Waals surface area contributed by atoms with Crippen LogP contribution >= 0.6 is 15.9 Å². The fraction of sp³-hybridized carbons (Fsp3) is 0.0455. The molecule has 140 valence electrons. The van der Waals surface area contributed by atoms with Gasteiger partial charge in [0, 0.05) is 16.3 Å². The Morgan fingerprint density at radius 2 is 1.43 bits per heavy atom. The first kappa shape index (κ1) is 18.7. The largest absolute Gasteiger partial charge is 0.455 e. The summed E-state index contributed by atoms with van der Waals surface area (Å²) in [5, 5.41) is 0.497. The molecule has 4 nitrogen and oxygen atoms in total. The molecule has 0 fully saturated rings. The summed E-state index contributed by atoms with van der Waals surface area (Å²) in [7, 11) is -3.31. The van der Waals surface area contributed by atoms with E-state index in [4.69, 9.17) is 4.42 Å². The number of para-hydroxylation sites is 1. The smallest absolute Gasteiger partial charge is 0.201 e. The number of hydrogen-bond acceptors (Lipinski definition) is 4. The lowest BCUT2D eigenvalue weighted by Crippen LogP contribution is -2.07. The molecule has 4 rings (SSSR count). The summed E-state index contributed by atoms with van der Waals surface area (Å²) < 4.78 is 30.5. The first-order chi connectivity index (χ1) is 13.3. The average molecular weight is 455 g/mol. The minimum atomic E-state index is -3.31. The van der Waals surface area contributed by atoms with E-state index in [9.17, 15) is 13.2 Å². The van der Waals surface area contributed by atoms with Gasteiger partial charge in [-0.1, -0.05) is 40.2 Å². The molecule has 0 unspecified atom stereocenters. The van der Waals surface area contributed by atoms with Gasteiger partial charge >= 0.3 is 0 Å². The van der Waals surface area contributed by atoms with E-state index in [1.165, 1.54) is 12.1 Å². The Kier molecular flexibility index (Phi) is 4.69. The van der Waals surface area contributed by atoms with Gasteiger partial charge in [-0.3, -0.25) is 4.79 Å². The first-order valence-corrected chi connectivity index (χ1v) is 11.2. The van der Waals surface area contributed by atoms with E-state index < -0.39 is 9.84 Å². The molecule has 3 aromatic carbocycles. The van der Waals surface area contributed by atoms with Gasteiger partial charge in [-0.05, 0) is 54.1 Å². The van der Waals surface area contributed by atoms with E-state index in [0.717, 1.165) is 16.3 Å². The van der Waals surface area contributed by atoms with Crippen molar-refractivity contribution in [3.63, 3.8) is 0 Å². The number of rotatable bonds is 3. The van der Waals surface area contributed by atoms with E-state index in [0.29, 0.717) is 27.9 Å². The van der Waals surface area contributed by atoms with Gasteiger partial charge in [0.2, 0.25) is 5.43 Å². The Morgan fingerprint density at radius 1 is 0.821 bits per heavy atom. The molecule has 0 aliphatic carbocycles. The predicted octanol–water partition coefficient (Wildman–Crippen LogP) is 5.29. The standard InChI is InChI=1S/C22H15BrO4S/c1-28(25,26)17-12-8-15(9-13-17)22-20(14-6-10-16(23)11-7-14)21(24)18-4-2-3-5-19(18)27-22/h2-13H,1H3. The van der Waals surface area contributed by atoms with Gasteiger partial charge in [0.1, 0.15) is 11.3 Å². The van der Waals surface area contributed by atoms with Gasteiger partial charge in [-0.25, -0.2) is 8.42 Å². The van der Waals surface area contributed by atoms with Crippen LogP contribution in [-0.2, 0) is 9.84 Å². The second kappa shape index (κ2) is 7.04. The zero-order valence-corrected chi connectivity index (χ0v) is 17.2. The fourth-order valence-electron chi connectivity index (χ4n) is 3.08. The van der Waals surface area contributed by atoms with E-state index in [1.807, 2.05) is 24.3 Å². The predicted molar refractivity (Wildman–Crippen MR) is 114 cm³/mol. The van der Waals surface area contributed by atoms with Crippen LogP contribution in [0, 0.1) is 0 Å². The van der Waals surface area contributed by atoms with Crippen molar-refractivity contribution in [2.24, 2.45) is 0 Å². The molecule has 1 aromatic heterocycles. The topological polar surface area (TPSA) is 64.3 Å². The maximum atomic E-state index is 13.3. The maximum absolute atomic E-state index is 13.3. The molecule has 0 bridgehead atoms. The van der Waals surface area contributed by atoms with Crippen LogP contribution in [0.4, 0.5) is 0 Å². The molecule has 0 amide bonds. The molecule has 4 aromatic rings. The highest BCUT2D eigenvalue weighted by molar-refractivity contribution is 9.10. The second-order valence-electron chi connectivity index (χ2n) is 6.43. The number of hydrogen-bond donors (Lipinski definition) is 0. The third-order valence-electron chi connectivity index (χ3n) is 4.48. The van der Waals surface area contributed by atoms with Gasteiger partial charge < -0.3 is 4.42 Å². The molecular formula is C22H15BrO4S. The molecule has 0 radical (unpaired) electrons. The lowest BCUT2D eigenvalue weighted by Gasteiger charge is -2.11. The Bertz CT molecular complexity index is 1340. The third kappa shape index (κ3) is 3.41. The highest BCUT2D eigenvalue weighted by atomic mass is 79.9. The number of sulfone groups is 1. The van der Waals surface area contributed by atoms with Crippen LogP contribution in [0.15, 0.2) is 91.4 Å². The summed E-state index contributed by atoms with van der Waals surface area (Å²) in [6, 6.07) is 20.9. The molecule has 28 heavy (non-hydrogen) atoms. The van der Waals surface area contributed by atoms with Crippen molar-refractivity contribution in [3.8, 4) is 22.5 Å². The highest BCUT2D eigenvalue weighted by Gasteiger charge is 2.18. The van der Waals surface area contributed by atoms with Crippen LogP contribution < -0.4 is 5.43 Å². The lowest BCUT2D eigenvalue weighted by atomic mass is 9.98. The average Bonchev–Trinajstić information content (AvgIpc) is 2.68. The lowest BCUT2D eigenvalue weighted by molar-refractivity contribution is 0.601. The van der Waals surface area contributed by atoms with E-state index in [2.05, 4.69) is 15.9 Å². The molecule has 0 saturated heterocycles. The fourth-order valence-corrected chi connectivity index (χ4v) is 3.97. The summed E-state index contributed by atoms with van der Waals surface area (Å²) in [5.41, 5.74) is 2.15. The summed E-state index contributed by atoms with van der Waals surface area (Å²) in [6.07, 6.45) is 1.16. The Hall–Kier alpha value is -2.70. The molecule has 0 aliphatic heterocycles. The summed E-state index contributed by atoms with van der Waals surface area (Å²) in [4.78, 5) is 13.5. The SMILES string of the molecule is CS(=O)(=O)c1ccc(-c2oc3ccccc3c(=O)c2-c2ccc(Br)cc2)cc1. The van der Waals surface area contributed by atoms with Crippen LogP contribution in [0.5, 0.6) is 0 Å². The number of halogens is 1. The minimum Gasteiger partial charge on any atom is -0.455 e. The number of benzene rings is 3. The highest BCUT2D eigenvalue weighted by Crippen LogP contribution is 2.33. The summed E-state index contributed by atoms with van der Waals surface area (Å²) >= 11 is 3.41. The monoisotopic (exact) mass is 454 g/mol. The van der Waals surface area contributed by atoms with E-state index in [1.54, 1.807) is 36.4 Å². The van der Waals surface area contributed by atoms with E-state index in [-0.39, 0.29) is 10.3 Å². The van der Waals surface area contributed by atoms with Gasteiger partial charge in [0.15, 0.2) is 9.84 Å². The summed E-state index contributed by atoms with van der Waals surface area (Å²) in [5.74, 6) is 0.408. The molecule has 0 N–H and O–H groups in total. The molecule has 0 atom stereocenters. The van der Waals surface area contributed by atoms with Crippen LogP contribution in [0.2, 0.25) is 0 Å². The van der Waals surface area contributed by atoms with Crippen molar-refractivity contribution in [1.29, 1.82) is 0 Å². The van der Waals surface area contributed by atoms with Gasteiger partial charge in [-0.2, -0.15) is 0 Å². The Labute approximate surface area is 170 Å². The van der Waals surface area contributed by atoms with Crippen molar-refractivity contribution in [2.75, 3.05) is 6.26 Å². The first-order valence-electron chi connectivity index (χ1n) is 8.47. The molecule has 1 heterocycles. The van der Waals surface area contributed by atoms with Crippen LogP contribution in [0.3, 0.4) is 0 Å². The minimum absolute atomic E-state index is 0.133. The second-order valence-corrected chi connectivity index (χ2v) is 9.37. The molecule has 0 saturated carbocycles. The number of fused-ring (bicyclic) bond motifs is 1. The van der Waals surface area contributed by atoms with Gasteiger partial charge in [0.05, 0.1) is 15.8 Å². The zero-order valence-electron chi connectivity index (χ0n) is 14.8. The van der Waals surface area contributed by atoms with Crippen molar-refractivity contribution in [3.05, 3.63) is 87.5 Å².